The van der Waals surface area contributed by atoms with Gasteiger partial charge in [-0.1, -0.05) is 0 Å². The topological polar surface area (TPSA) is 32.3 Å². The highest BCUT2D eigenvalue weighted by molar-refractivity contribution is 7.11. The van der Waals surface area contributed by atoms with Crippen molar-refractivity contribution in [3.8, 4) is 0 Å². The Bertz CT molecular complexity index is 484. The average molecular weight is 292 g/mol. The van der Waals surface area contributed by atoms with Crippen LogP contribution in [0.25, 0.3) is 0 Å². The molecule has 1 aliphatic heterocycles. The molecular formula is C16H24N2OS. The van der Waals surface area contributed by atoms with Crippen LogP contribution in [-0.4, -0.2) is 29.9 Å². The van der Waals surface area contributed by atoms with Crippen LogP contribution in [0.1, 0.15) is 30.0 Å². The first kappa shape index (κ1) is 14.1. The van der Waals surface area contributed by atoms with Crippen LogP contribution in [-0.2, 0) is 11.3 Å². The van der Waals surface area contributed by atoms with Crippen LogP contribution >= 0.6 is 11.3 Å². The van der Waals surface area contributed by atoms with Gasteiger partial charge in [0.15, 0.2) is 0 Å². The van der Waals surface area contributed by atoms with Gasteiger partial charge in [-0.3, -0.25) is 9.69 Å². The summed E-state index contributed by atoms with van der Waals surface area (Å²) in [5.41, 5.74) is 0. The molecule has 1 unspecified atom stereocenters. The van der Waals surface area contributed by atoms with E-state index >= 15 is 0 Å². The maximum absolute atomic E-state index is 11.8. The molecule has 3 rings (SSSR count). The highest BCUT2D eigenvalue weighted by Gasteiger charge is 2.55. The SMILES string of the molecule is Cc1ccc(CN2C[C@@H]3C(CC(=O)NC(C)C)[C@@H]3C2)s1. The number of rotatable bonds is 5. The molecule has 1 aromatic rings. The standard InChI is InChI=1S/C16H24N2OS/c1-10(2)17-16(19)6-13-14-8-18(9-15(13)14)7-12-5-4-11(3)20-12/h4-5,10,13-15H,6-9H2,1-3H3,(H,17,19)/t13?,14-,15+. The second-order valence-corrected chi connectivity index (χ2v) is 8.00. The zero-order chi connectivity index (χ0) is 14.3. The Kier molecular flexibility index (Phi) is 3.87. The number of thiophene rings is 1. The van der Waals surface area contributed by atoms with Crippen molar-refractivity contribution in [1.82, 2.24) is 10.2 Å². The van der Waals surface area contributed by atoms with Gasteiger partial charge >= 0.3 is 0 Å². The molecule has 20 heavy (non-hydrogen) atoms. The van der Waals surface area contributed by atoms with Crippen LogP contribution in [0.2, 0.25) is 0 Å². The number of piperidine rings is 1. The third-order valence-corrected chi connectivity index (χ3v) is 5.48. The van der Waals surface area contributed by atoms with Gasteiger partial charge in [0.2, 0.25) is 5.91 Å². The third-order valence-electron chi connectivity index (χ3n) is 4.49. The van der Waals surface area contributed by atoms with Crippen LogP contribution in [0.4, 0.5) is 0 Å². The van der Waals surface area contributed by atoms with Crippen molar-refractivity contribution in [1.29, 1.82) is 0 Å². The molecule has 1 aromatic heterocycles. The molecule has 1 saturated carbocycles. The van der Waals surface area contributed by atoms with E-state index in [9.17, 15) is 4.79 Å². The Morgan fingerprint density at radius 3 is 2.65 bits per heavy atom. The number of hydrogen-bond donors (Lipinski definition) is 1. The maximum Gasteiger partial charge on any atom is 0.220 e. The lowest BCUT2D eigenvalue weighted by molar-refractivity contribution is -0.122. The normalized spacial score (nSPS) is 28.7. The first-order valence-electron chi connectivity index (χ1n) is 7.60. The molecule has 0 radical (unpaired) electrons. The fourth-order valence-corrected chi connectivity index (χ4v) is 4.49. The Morgan fingerprint density at radius 2 is 2.10 bits per heavy atom. The Morgan fingerprint density at radius 1 is 1.40 bits per heavy atom. The quantitative estimate of drug-likeness (QED) is 0.905. The maximum atomic E-state index is 11.8. The lowest BCUT2D eigenvalue weighted by atomic mass is 10.1. The van der Waals surface area contributed by atoms with Gasteiger partial charge in [0.05, 0.1) is 0 Å². The molecule has 3 atom stereocenters. The van der Waals surface area contributed by atoms with Gasteiger partial charge in [0, 0.05) is 41.9 Å². The monoisotopic (exact) mass is 292 g/mol. The first-order valence-corrected chi connectivity index (χ1v) is 8.41. The second-order valence-electron chi connectivity index (χ2n) is 6.62. The highest BCUT2D eigenvalue weighted by Crippen LogP contribution is 2.53. The van der Waals surface area contributed by atoms with Gasteiger partial charge in [0.25, 0.3) is 0 Å². The van der Waals surface area contributed by atoms with E-state index in [1.165, 1.54) is 22.8 Å². The van der Waals surface area contributed by atoms with E-state index in [4.69, 9.17) is 0 Å². The summed E-state index contributed by atoms with van der Waals surface area (Å²) in [6, 6.07) is 4.72. The minimum Gasteiger partial charge on any atom is -0.354 e. The number of likely N-dealkylation sites (tertiary alicyclic amines) is 1. The van der Waals surface area contributed by atoms with E-state index in [0.717, 1.165) is 24.8 Å². The average Bonchev–Trinajstić information content (AvgIpc) is 2.75. The van der Waals surface area contributed by atoms with Crippen LogP contribution < -0.4 is 5.32 Å². The van der Waals surface area contributed by atoms with E-state index in [1.54, 1.807) is 0 Å². The number of hydrogen-bond acceptors (Lipinski definition) is 3. The molecule has 1 N–H and O–H groups in total. The number of nitrogens with zero attached hydrogens (tertiary/aromatic N) is 1. The lowest BCUT2D eigenvalue weighted by Crippen LogP contribution is -2.31. The van der Waals surface area contributed by atoms with E-state index in [1.807, 2.05) is 25.2 Å². The van der Waals surface area contributed by atoms with Crippen molar-refractivity contribution in [2.24, 2.45) is 17.8 Å². The number of carbonyl (C=O) groups excluding carboxylic acids is 1. The summed E-state index contributed by atoms with van der Waals surface area (Å²) in [6.45, 7) is 9.67. The molecule has 2 heterocycles. The third kappa shape index (κ3) is 3.07. The van der Waals surface area contributed by atoms with Crippen molar-refractivity contribution >= 4 is 17.2 Å². The van der Waals surface area contributed by atoms with Crippen LogP contribution in [0.3, 0.4) is 0 Å². The predicted molar refractivity (Wildman–Crippen MR) is 82.7 cm³/mol. The van der Waals surface area contributed by atoms with Gasteiger partial charge in [-0.05, 0) is 50.7 Å². The molecule has 3 nitrogen and oxygen atoms in total. The van der Waals surface area contributed by atoms with Crippen LogP contribution in [0, 0.1) is 24.7 Å². The fourth-order valence-electron chi connectivity index (χ4n) is 3.55. The molecule has 2 aliphatic rings. The minimum absolute atomic E-state index is 0.236. The van der Waals surface area contributed by atoms with Gasteiger partial charge in [0.1, 0.15) is 0 Å². The molecule has 0 bridgehead atoms. The molecule has 4 heteroatoms. The number of carbonyl (C=O) groups is 1. The Labute approximate surface area is 125 Å². The predicted octanol–water partition coefficient (Wildman–Crippen LogP) is 2.65. The lowest BCUT2D eigenvalue weighted by Gasteiger charge is -2.18. The molecule has 1 aliphatic carbocycles. The van der Waals surface area contributed by atoms with Gasteiger partial charge in [-0.25, -0.2) is 0 Å². The summed E-state index contributed by atoms with van der Waals surface area (Å²) in [6.07, 6.45) is 0.736. The van der Waals surface area contributed by atoms with Gasteiger partial charge in [-0.2, -0.15) is 0 Å². The molecule has 110 valence electrons. The molecular weight excluding hydrogens is 268 g/mol. The first-order chi connectivity index (χ1) is 9.52. The molecule has 0 spiro atoms. The fraction of sp³-hybridized carbons (Fsp3) is 0.688. The van der Waals surface area contributed by atoms with Crippen LogP contribution in [0.15, 0.2) is 12.1 Å². The summed E-state index contributed by atoms with van der Waals surface area (Å²) in [5, 5.41) is 3.01. The number of fused-ring (bicyclic) bond motifs is 1. The summed E-state index contributed by atoms with van der Waals surface area (Å²) < 4.78 is 0. The zero-order valence-electron chi connectivity index (χ0n) is 12.6. The molecule has 1 saturated heterocycles. The summed E-state index contributed by atoms with van der Waals surface area (Å²) in [7, 11) is 0. The van der Waals surface area contributed by atoms with E-state index < -0.39 is 0 Å². The van der Waals surface area contributed by atoms with E-state index in [2.05, 4.69) is 29.3 Å². The second kappa shape index (κ2) is 5.49. The Hall–Kier alpha value is -0.870. The summed E-state index contributed by atoms with van der Waals surface area (Å²) in [5.74, 6) is 2.43. The smallest absolute Gasteiger partial charge is 0.220 e. The Balaban J connectivity index is 1.43. The summed E-state index contributed by atoms with van der Waals surface area (Å²) in [4.78, 5) is 17.2. The van der Waals surface area contributed by atoms with Crippen molar-refractivity contribution in [3.63, 3.8) is 0 Å². The van der Waals surface area contributed by atoms with Crippen molar-refractivity contribution in [2.75, 3.05) is 13.1 Å². The van der Waals surface area contributed by atoms with Crippen molar-refractivity contribution < 1.29 is 4.79 Å². The van der Waals surface area contributed by atoms with Gasteiger partial charge in [-0.15, -0.1) is 11.3 Å². The van der Waals surface area contributed by atoms with E-state index in [-0.39, 0.29) is 11.9 Å². The van der Waals surface area contributed by atoms with Crippen molar-refractivity contribution in [3.05, 3.63) is 21.9 Å². The summed E-state index contributed by atoms with van der Waals surface area (Å²) >= 11 is 1.90. The molecule has 1 amide bonds. The van der Waals surface area contributed by atoms with E-state index in [0.29, 0.717) is 5.92 Å². The largest absolute Gasteiger partial charge is 0.354 e. The van der Waals surface area contributed by atoms with Crippen LogP contribution in [0.5, 0.6) is 0 Å². The van der Waals surface area contributed by atoms with Gasteiger partial charge < -0.3 is 5.32 Å². The zero-order valence-corrected chi connectivity index (χ0v) is 13.4. The number of aryl methyl sites for hydroxylation is 1. The highest BCUT2D eigenvalue weighted by atomic mass is 32.1. The molecule has 0 aromatic carbocycles. The van der Waals surface area contributed by atoms with Crippen molar-refractivity contribution in [2.45, 2.75) is 39.8 Å². The minimum atomic E-state index is 0.236. The molecule has 2 fully saturated rings. The number of amides is 1. The number of nitrogens with one attached hydrogen (secondary N) is 1.